The fourth-order valence-electron chi connectivity index (χ4n) is 1.60. The molecule has 0 aliphatic heterocycles. The van der Waals surface area contributed by atoms with Crippen LogP contribution in [0.2, 0.25) is 0 Å². The zero-order valence-corrected chi connectivity index (χ0v) is 11.1. The third kappa shape index (κ3) is 4.63. The van der Waals surface area contributed by atoms with Crippen LogP contribution in [0.3, 0.4) is 0 Å². The Kier molecular flexibility index (Phi) is 5.25. The maximum atomic E-state index is 9.67. The minimum Gasteiger partial charge on any atom is -0.504 e. The summed E-state index contributed by atoms with van der Waals surface area (Å²) in [5, 5.41) is 9.67. The number of benzene rings is 1. The van der Waals surface area contributed by atoms with Gasteiger partial charge in [0.1, 0.15) is 0 Å². The van der Waals surface area contributed by atoms with Crippen molar-refractivity contribution in [2.45, 2.75) is 6.54 Å². The molecule has 17 heavy (non-hydrogen) atoms. The van der Waals surface area contributed by atoms with Crippen LogP contribution in [-0.4, -0.2) is 56.2 Å². The normalized spacial score (nSPS) is 11.2. The van der Waals surface area contributed by atoms with E-state index in [-0.39, 0.29) is 5.75 Å². The molecule has 0 heterocycles. The minimum atomic E-state index is 0.200. The lowest BCUT2D eigenvalue weighted by Gasteiger charge is -2.19. The Morgan fingerprint density at radius 2 is 1.88 bits per heavy atom. The van der Waals surface area contributed by atoms with Crippen molar-refractivity contribution in [3.8, 4) is 11.5 Å². The second-order valence-corrected chi connectivity index (χ2v) is 4.55. The molecule has 0 radical (unpaired) electrons. The topological polar surface area (TPSA) is 35.9 Å². The number of nitrogens with zero attached hydrogens (tertiary/aromatic N) is 2. The number of phenols is 1. The summed E-state index contributed by atoms with van der Waals surface area (Å²) >= 11 is 0. The first kappa shape index (κ1) is 13.8. The van der Waals surface area contributed by atoms with Gasteiger partial charge >= 0.3 is 0 Å². The van der Waals surface area contributed by atoms with Crippen LogP contribution in [0.1, 0.15) is 5.56 Å². The first-order valence-corrected chi connectivity index (χ1v) is 5.72. The molecule has 1 N–H and O–H groups in total. The van der Waals surface area contributed by atoms with Crippen molar-refractivity contribution in [3.63, 3.8) is 0 Å². The number of rotatable bonds is 6. The van der Waals surface area contributed by atoms with Crippen molar-refractivity contribution in [2.75, 3.05) is 41.3 Å². The molecule has 0 spiro atoms. The van der Waals surface area contributed by atoms with Crippen LogP contribution in [0.25, 0.3) is 0 Å². The molecule has 0 unspecified atom stereocenters. The number of hydrogen-bond acceptors (Lipinski definition) is 4. The van der Waals surface area contributed by atoms with Gasteiger partial charge in [0.15, 0.2) is 11.5 Å². The highest BCUT2D eigenvalue weighted by molar-refractivity contribution is 5.41. The van der Waals surface area contributed by atoms with Gasteiger partial charge in [0.05, 0.1) is 7.11 Å². The quantitative estimate of drug-likeness (QED) is 0.812. The molecule has 4 nitrogen and oxygen atoms in total. The predicted octanol–water partition coefficient (Wildman–Crippen LogP) is 1.39. The van der Waals surface area contributed by atoms with Crippen LogP contribution in [0.4, 0.5) is 0 Å². The van der Waals surface area contributed by atoms with Gasteiger partial charge in [0, 0.05) is 19.6 Å². The van der Waals surface area contributed by atoms with E-state index in [1.807, 2.05) is 6.07 Å². The molecule has 1 rings (SSSR count). The van der Waals surface area contributed by atoms with E-state index in [2.05, 4.69) is 30.9 Å². The lowest BCUT2D eigenvalue weighted by Crippen LogP contribution is -2.28. The summed E-state index contributed by atoms with van der Waals surface area (Å²) in [4.78, 5) is 4.38. The van der Waals surface area contributed by atoms with Crippen LogP contribution < -0.4 is 4.74 Å². The van der Waals surface area contributed by atoms with Crippen LogP contribution in [0.5, 0.6) is 11.5 Å². The minimum absolute atomic E-state index is 0.200. The van der Waals surface area contributed by atoms with Gasteiger partial charge in [0.2, 0.25) is 0 Å². The Hall–Kier alpha value is -1.26. The first-order valence-electron chi connectivity index (χ1n) is 5.72. The maximum Gasteiger partial charge on any atom is 0.160 e. The Balaban J connectivity index is 2.53. The smallest absolute Gasteiger partial charge is 0.160 e. The molecule has 0 amide bonds. The molecule has 96 valence electrons. The number of aromatic hydroxyl groups is 1. The highest BCUT2D eigenvalue weighted by Gasteiger charge is 2.05. The number of likely N-dealkylation sites (N-methyl/N-ethyl adjacent to an activating group) is 2. The van der Waals surface area contributed by atoms with Gasteiger partial charge in [-0.05, 0) is 38.8 Å². The van der Waals surface area contributed by atoms with Gasteiger partial charge in [-0.1, -0.05) is 6.07 Å². The summed E-state index contributed by atoms with van der Waals surface area (Å²) < 4.78 is 5.01. The van der Waals surface area contributed by atoms with Crippen LogP contribution in [0, 0.1) is 0 Å². The van der Waals surface area contributed by atoms with Crippen LogP contribution in [0.15, 0.2) is 18.2 Å². The summed E-state index contributed by atoms with van der Waals surface area (Å²) in [5.41, 5.74) is 1.09. The predicted molar refractivity (Wildman–Crippen MR) is 69.5 cm³/mol. The lowest BCUT2D eigenvalue weighted by molar-refractivity contribution is 0.276. The highest BCUT2D eigenvalue weighted by atomic mass is 16.5. The highest BCUT2D eigenvalue weighted by Crippen LogP contribution is 2.26. The van der Waals surface area contributed by atoms with Crippen molar-refractivity contribution in [3.05, 3.63) is 23.8 Å². The van der Waals surface area contributed by atoms with Crippen molar-refractivity contribution in [1.82, 2.24) is 9.80 Å². The van der Waals surface area contributed by atoms with E-state index in [1.54, 1.807) is 19.2 Å². The van der Waals surface area contributed by atoms with Crippen molar-refractivity contribution in [2.24, 2.45) is 0 Å². The van der Waals surface area contributed by atoms with E-state index in [0.717, 1.165) is 25.2 Å². The Morgan fingerprint density at radius 3 is 2.41 bits per heavy atom. The van der Waals surface area contributed by atoms with Crippen LogP contribution in [-0.2, 0) is 6.54 Å². The van der Waals surface area contributed by atoms with Crippen LogP contribution >= 0.6 is 0 Å². The molecular weight excluding hydrogens is 216 g/mol. The number of phenolic OH excluding ortho intramolecular Hbond substituents is 1. The molecule has 0 saturated carbocycles. The Labute approximate surface area is 103 Å². The molecule has 4 heteroatoms. The van der Waals surface area contributed by atoms with E-state index in [4.69, 9.17) is 4.74 Å². The zero-order chi connectivity index (χ0) is 12.8. The molecule has 0 aliphatic carbocycles. The van der Waals surface area contributed by atoms with Crippen molar-refractivity contribution in [1.29, 1.82) is 0 Å². The second-order valence-electron chi connectivity index (χ2n) is 4.55. The lowest BCUT2D eigenvalue weighted by atomic mass is 10.2. The number of ether oxygens (including phenoxy) is 1. The molecule has 0 bridgehead atoms. The second kappa shape index (κ2) is 6.47. The summed E-state index contributed by atoms with van der Waals surface area (Å²) in [6.07, 6.45) is 0. The molecular formula is C13H22N2O2. The number of hydrogen-bond donors (Lipinski definition) is 1. The van der Waals surface area contributed by atoms with E-state index < -0.39 is 0 Å². The standard InChI is InChI=1S/C13H22N2O2/c1-14(2)7-8-15(3)10-11-5-6-13(17-4)12(16)9-11/h5-6,9,16H,7-8,10H2,1-4H3. The van der Waals surface area contributed by atoms with Gasteiger partial charge in [-0.25, -0.2) is 0 Å². The largest absolute Gasteiger partial charge is 0.504 e. The summed E-state index contributed by atoms with van der Waals surface area (Å²) in [6.45, 7) is 2.85. The maximum absolute atomic E-state index is 9.67. The van der Waals surface area contributed by atoms with E-state index >= 15 is 0 Å². The molecule has 0 saturated heterocycles. The first-order chi connectivity index (χ1) is 8.02. The van der Waals surface area contributed by atoms with Crippen molar-refractivity contribution >= 4 is 0 Å². The van der Waals surface area contributed by atoms with Gasteiger partial charge in [-0.15, -0.1) is 0 Å². The molecule has 0 fully saturated rings. The monoisotopic (exact) mass is 238 g/mol. The van der Waals surface area contributed by atoms with Gasteiger partial charge < -0.3 is 19.6 Å². The fraction of sp³-hybridized carbons (Fsp3) is 0.538. The third-order valence-corrected chi connectivity index (χ3v) is 2.62. The summed E-state index contributed by atoms with van der Waals surface area (Å²) in [6, 6.07) is 5.53. The summed E-state index contributed by atoms with van der Waals surface area (Å²) in [5.74, 6) is 0.718. The van der Waals surface area contributed by atoms with Gasteiger partial charge in [0.25, 0.3) is 0 Å². The average Bonchev–Trinajstić information content (AvgIpc) is 2.26. The molecule has 0 aliphatic rings. The molecule has 0 aromatic heterocycles. The Morgan fingerprint density at radius 1 is 1.18 bits per heavy atom. The molecule has 1 aromatic rings. The number of methoxy groups -OCH3 is 1. The van der Waals surface area contributed by atoms with Gasteiger partial charge in [-0.2, -0.15) is 0 Å². The summed E-state index contributed by atoms with van der Waals surface area (Å²) in [7, 11) is 7.75. The van der Waals surface area contributed by atoms with E-state index in [1.165, 1.54) is 0 Å². The SMILES string of the molecule is COc1ccc(CN(C)CCN(C)C)cc1O. The zero-order valence-electron chi connectivity index (χ0n) is 11.1. The Bertz CT molecular complexity index is 353. The van der Waals surface area contributed by atoms with Crippen molar-refractivity contribution < 1.29 is 9.84 Å². The fourth-order valence-corrected chi connectivity index (χ4v) is 1.60. The third-order valence-electron chi connectivity index (χ3n) is 2.62. The van der Waals surface area contributed by atoms with E-state index in [0.29, 0.717) is 5.75 Å². The molecule has 1 aromatic carbocycles. The van der Waals surface area contributed by atoms with Gasteiger partial charge in [-0.3, -0.25) is 0 Å². The average molecular weight is 238 g/mol. The van der Waals surface area contributed by atoms with E-state index in [9.17, 15) is 5.11 Å². The molecule has 0 atom stereocenters.